The van der Waals surface area contributed by atoms with E-state index in [1.165, 1.54) is 0 Å². The summed E-state index contributed by atoms with van der Waals surface area (Å²) in [5.74, 6) is 0.810. The van der Waals surface area contributed by atoms with E-state index < -0.39 is 0 Å². The normalized spacial score (nSPS) is 29.1. The molecule has 2 saturated heterocycles. The van der Waals surface area contributed by atoms with E-state index >= 15 is 0 Å². The molecule has 20 heavy (non-hydrogen) atoms. The number of carbonyl (C=O) groups is 2. The number of aliphatic hydroxyl groups is 1. The molecule has 2 fully saturated rings. The van der Waals surface area contributed by atoms with Gasteiger partial charge < -0.3 is 14.9 Å². The van der Waals surface area contributed by atoms with Crippen molar-refractivity contribution in [2.24, 2.45) is 0 Å². The predicted octanol–water partition coefficient (Wildman–Crippen LogP) is 1.06. The highest BCUT2D eigenvalue weighted by atomic mass is 32.2. The Morgan fingerprint density at radius 3 is 2.90 bits per heavy atom. The Kier molecular flexibility index (Phi) is 4.64. The van der Waals surface area contributed by atoms with Crippen LogP contribution in [0.15, 0.2) is 0 Å². The van der Waals surface area contributed by atoms with Crippen LogP contribution < -0.4 is 0 Å². The van der Waals surface area contributed by atoms with Gasteiger partial charge in [0.2, 0.25) is 11.8 Å². The summed E-state index contributed by atoms with van der Waals surface area (Å²) < 4.78 is 0. The molecule has 6 heteroatoms. The molecule has 0 bridgehead atoms. The maximum atomic E-state index is 12.8. The SMILES string of the molecule is CC(C)N(CCCO)C(=O)C1CSC2(C)CCC(=O)N12. The summed E-state index contributed by atoms with van der Waals surface area (Å²) in [5.41, 5.74) is 0. The van der Waals surface area contributed by atoms with Gasteiger partial charge in [-0.25, -0.2) is 0 Å². The third-order valence-electron chi connectivity index (χ3n) is 4.19. The van der Waals surface area contributed by atoms with E-state index in [1.54, 1.807) is 21.6 Å². The van der Waals surface area contributed by atoms with Crippen molar-refractivity contribution in [1.82, 2.24) is 9.80 Å². The molecule has 2 aliphatic heterocycles. The number of amides is 2. The minimum absolute atomic E-state index is 0.0277. The standard InChI is InChI=1S/C14H24N2O3S/c1-10(2)15(7-4-8-17)13(19)11-9-20-14(3)6-5-12(18)16(11)14/h10-11,17H,4-9H2,1-3H3. The lowest BCUT2D eigenvalue weighted by atomic mass is 10.1. The van der Waals surface area contributed by atoms with E-state index in [0.29, 0.717) is 25.1 Å². The molecule has 0 saturated carbocycles. The van der Waals surface area contributed by atoms with Gasteiger partial charge in [0.1, 0.15) is 6.04 Å². The molecule has 2 rings (SSSR count). The molecule has 0 aromatic carbocycles. The van der Waals surface area contributed by atoms with E-state index in [0.717, 1.165) is 6.42 Å². The number of hydrogen-bond acceptors (Lipinski definition) is 4. The zero-order valence-electron chi connectivity index (χ0n) is 12.5. The summed E-state index contributed by atoms with van der Waals surface area (Å²) >= 11 is 1.72. The Morgan fingerprint density at radius 1 is 1.60 bits per heavy atom. The Balaban J connectivity index is 2.13. The molecule has 5 nitrogen and oxygen atoms in total. The molecule has 2 atom stereocenters. The van der Waals surface area contributed by atoms with Crippen molar-refractivity contribution >= 4 is 23.6 Å². The first-order valence-corrected chi connectivity index (χ1v) is 8.27. The van der Waals surface area contributed by atoms with Crippen LogP contribution in [0.3, 0.4) is 0 Å². The molecule has 0 aromatic heterocycles. The highest BCUT2D eigenvalue weighted by Crippen LogP contribution is 2.47. The summed E-state index contributed by atoms with van der Waals surface area (Å²) in [5, 5.41) is 8.97. The molecule has 0 spiro atoms. The van der Waals surface area contributed by atoms with Gasteiger partial charge in [0.15, 0.2) is 0 Å². The summed E-state index contributed by atoms with van der Waals surface area (Å²) in [6.45, 7) is 6.64. The molecule has 114 valence electrons. The predicted molar refractivity (Wildman–Crippen MR) is 79.3 cm³/mol. The van der Waals surface area contributed by atoms with Crippen molar-refractivity contribution in [2.45, 2.75) is 57.0 Å². The van der Waals surface area contributed by atoms with Gasteiger partial charge >= 0.3 is 0 Å². The number of aliphatic hydroxyl groups excluding tert-OH is 1. The average Bonchev–Trinajstić information content (AvgIpc) is 2.87. The van der Waals surface area contributed by atoms with Gasteiger partial charge in [-0.15, -0.1) is 11.8 Å². The largest absolute Gasteiger partial charge is 0.396 e. The van der Waals surface area contributed by atoms with Crippen LogP contribution in [0.5, 0.6) is 0 Å². The number of hydrogen-bond donors (Lipinski definition) is 1. The Hall–Kier alpha value is -0.750. The van der Waals surface area contributed by atoms with Gasteiger partial charge in [0.25, 0.3) is 0 Å². The van der Waals surface area contributed by atoms with Crippen LogP contribution in [0, 0.1) is 0 Å². The van der Waals surface area contributed by atoms with Crippen LogP contribution in [0.4, 0.5) is 0 Å². The first-order chi connectivity index (χ1) is 9.40. The van der Waals surface area contributed by atoms with Crippen molar-refractivity contribution < 1.29 is 14.7 Å². The summed E-state index contributed by atoms with van der Waals surface area (Å²) in [4.78, 5) is 28.2. The van der Waals surface area contributed by atoms with Gasteiger partial charge in [-0.2, -0.15) is 0 Å². The topological polar surface area (TPSA) is 60.9 Å². The van der Waals surface area contributed by atoms with Gasteiger partial charge in [0, 0.05) is 31.4 Å². The van der Waals surface area contributed by atoms with Crippen LogP contribution in [-0.2, 0) is 9.59 Å². The Bertz CT molecular complexity index is 402. The molecular formula is C14H24N2O3S. The van der Waals surface area contributed by atoms with Crippen LogP contribution in [0.1, 0.15) is 40.0 Å². The smallest absolute Gasteiger partial charge is 0.246 e. The van der Waals surface area contributed by atoms with Crippen LogP contribution >= 0.6 is 11.8 Å². The third kappa shape index (κ3) is 2.68. The number of fused-ring (bicyclic) bond motifs is 1. The van der Waals surface area contributed by atoms with Gasteiger partial charge in [0.05, 0.1) is 4.87 Å². The highest BCUT2D eigenvalue weighted by molar-refractivity contribution is 8.01. The van der Waals surface area contributed by atoms with Crippen molar-refractivity contribution in [3.05, 3.63) is 0 Å². The molecular weight excluding hydrogens is 276 g/mol. The van der Waals surface area contributed by atoms with E-state index in [2.05, 4.69) is 6.92 Å². The van der Waals surface area contributed by atoms with Crippen LogP contribution in [-0.4, -0.2) is 62.6 Å². The second-order valence-electron chi connectivity index (χ2n) is 5.97. The van der Waals surface area contributed by atoms with Crippen molar-refractivity contribution in [1.29, 1.82) is 0 Å². The highest BCUT2D eigenvalue weighted by Gasteiger charge is 2.53. The number of nitrogens with zero attached hydrogens (tertiary/aromatic N) is 2. The summed E-state index contributed by atoms with van der Waals surface area (Å²) in [6.07, 6.45) is 1.96. The molecule has 2 aliphatic rings. The molecule has 0 radical (unpaired) electrons. The maximum absolute atomic E-state index is 12.8. The van der Waals surface area contributed by atoms with E-state index in [9.17, 15) is 9.59 Å². The fourth-order valence-electron chi connectivity index (χ4n) is 3.06. The molecule has 0 aliphatic carbocycles. The molecule has 2 heterocycles. The minimum Gasteiger partial charge on any atom is -0.396 e. The van der Waals surface area contributed by atoms with Gasteiger partial charge in [-0.05, 0) is 33.6 Å². The monoisotopic (exact) mass is 300 g/mol. The fourth-order valence-corrected chi connectivity index (χ4v) is 4.48. The lowest BCUT2D eigenvalue weighted by molar-refractivity contribution is -0.145. The molecule has 2 unspecified atom stereocenters. The second kappa shape index (κ2) is 5.93. The number of rotatable bonds is 5. The van der Waals surface area contributed by atoms with E-state index in [-0.39, 0.29) is 35.4 Å². The molecule has 2 amide bonds. The quantitative estimate of drug-likeness (QED) is 0.825. The van der Waals surface area contributed by atoms with Gasteiger partial charge in [-0.1, -0.05) is 0 Å². The van der Waals surface area contributed by atoms with Crippen molar-refractivity contribution in [3.63, 3.8) is 0 Å². The summed E-state index contributed by atoms with van der Waals surface area (Å²) in [6, 6.07) is -0.246. The zero-order valence-corrected chi connectivity index (χ0v) is 13.3. The zero-order chi connectivity index (χ0) is 14.9. The minimum atomic E-state index is -0.332. The number of carbonyl (C=O) groups excluding carboxylic acids is 2. The second-order valence-corrected chi connectivity index (χ2v) is 7.47. The lowest BCUT2D eigenvalue weighted by Crippen LogP contribution is -2.53. The van der Waals surface area contributed by atoms with E-state index in [4.69, 9.17) is 5.11 Å². The van der Waals surface area contributed by atoms with E-state index in [1.807, 2.05) is 13.8 Å². The number of thioether (sulfide) groups is 1. The van der Waals surface area contributed by atoms with Crippen molar-refractivity contribution in [2.75, 3.05) is 18.9 Å². The first-order valence-electron chi connectivity index (χ1n) is 7.28. The molecule has 1 N–H and O–H groups in total. The lowest BCUT2D eigenvalue weighted by Gasteiger charge is -2.34. The molecule has 0 aromatic rings. The summed E-state index contributed by atoms with van der Waals surface area (Å²) in [7, 11) is 0. The van der Waals surface area contributed by atoms with Crippen molar-refractivity contribution in [3.8, 4) is 0 Å². The fraction of sp³-hybridized carbons (Fsp3) is 0.857. The van der Waals surface area contributed by atoms with Gasteiger partial charge in [-0.3, -0.25) is 9.59 Å². The first kappa shape index (κ1) is 15.6. The third-order valence-corrected chi connectivity index (χ3v) is 5.70. The maximum Gasteiger partial charge on any atom is 0.246 e. The van der Waals surface area contributed by atoms with Crippen LogP contribution in [0.25, 0.3) is 0 Å². The Labute approximate surface area is 124 Å². The van der Waals surface area contributed by atoms with Crippen LogP contribution in [0.2, 0.25) is 0 Å². The Morgan fingerprint density at radius 2 is 2.30 bits per heavy atom. The average molecular weight is 300 g/mol.